The summed E-state index contributed by atoms with van der Waals surface area (Å²) in [5.74, 6) is 0. The molecule has 202 valence electrons. The minimum absolute atomic E-state index is 0.333. The van der Waals surface area contributed by atoms with Gasteiger partial charge in [-0.15, -0.1) is 0 Å². The minimum Gasteiger partial charge on any atom is -0.379 e. The number of aryl methyl sites for hydroxylation is 1. The molecule has 7 heteroatoms. The quantitative estimate of drug-likeness (QED) is 0.234. The van der Waals surface area contributed by atoms with Crippen LogP contribution in [0.25, 0.3) is 32.6 Å². The van der Waals surface area contributed by atoms with Crippen LogP contribution >= 0.6 is 0 Å². The number of fused-ring (bicyclic) bond motifs is 4. The van der Waals surface area contributed by atoms with E-state index < -0.39 is 10.0 Å². The van der Waals surface area contributed by atoms with Gasteiger partial charge < -0.3 is 9.30 Å². The van der Waals surface area contributed by atoms with Gasteiger partial charge in [-0.3, -0.25) is 4.90 Å². The molecule has 0 bridgehead atoms. The molecule has 6 rings (SSSR count). The van der Waals surface area contributed by atoms with E-state index in [0.717, 1.165) is 62.1 Å². The zero-order valence-corrected chi connectivity index (χ0v) is 23.2. The highest BCUT2D eigenvalue weighted by Crippen LogP contribution is 2.31. The Morgan fingerprint density at radius 1 is 0.821 bits per heavy atom. The Hall–Kier alpha value is -3.23. The lowest BCUT2D eigenvalue weighted by molar-refractivity contribution is 0.0368. The van der Waals surface area contributed by atoms with Crippen molar-refractivity contribution in [2.45, 2.75) is 31.3 Å². The second-order valence-corrected chi connectivity index (χ2v) is 12.2. The van der Waals surface area contributed by atoms with Crippen molar-refractivity contribution in [3.8, 4) is 0 Å². The third-order valence-corrected chi connectivity index (χ3v) is 9.70. The third-order valence-electron chi connectivity index (χ3n) is 7.86. The van der Waals surface area contributed by atoms with Crippen LogP contribution < -0.4 is 0 Å². The maximum atomic E-state index is 14.1. The molecule has 1 aliphatic rings. The molecule has 39 heavy (non-hydrogen) atoms. The summed E-state index contributed by atoms with van der Waals surface area (Å²) in [5, 5.41) is 4.34. The average Bonchev–Trinajstić information content (AvgIpc) is 3.30. The second-order valence-electron chi connectivity index (χ2n) is 10.3. The number of hydrogen-bond acceptors (Lipinski definition) is 4. The van der Waals surface area contributed by atoms with Gasteiger partial charge in [0.1, 0.15) is 0 Å². The van der Waals surface area contributed by atoms with Crippen molar-refractivity contribution in [3.63, 3.8) is 0 Å². The molecule has 2 heterocycles. The van der Waals surface area contributed by atoms with Crippen LogP contribution in [0.15, 0.2) is 89.8 Å². The van der Waals surface area contributed by atoms with Gasteiger partial charge in [0, 0.05) is 54.5 Å². The molecule has 1 saturated heterocycles. The SMILES string of the molecule is CCn1c2ccccc2c2cc(CN(CCCN3CCOCC3)S(=O)(=O)c3ccc4ccccc4c3)ccc21. The lowest BCUT2D eigenvalue weighted by atomic mass is 10.1. The summed E-state index contributed by atoms with van der Waals surface area (Å²) in [6.07, 6.45) is 0.768. The van der Waals surface area contributed by atoms with Crippen molar-refractivity contribution in [2.75, 3.05) is 39.4 Å². The van der Waals surface area contributed by atoms with Crippen LogP contribution in [0.3, 0.4) is 0 Å². The van der Waals surface area contributed by atoms with Gasteiger partial charge in [-0.05, 0) is 66.6 Å². The molecular formula is C32H35N3O3S. The van der Waals surface area contributed by atoms with Crippen LogP contribution in [-0.4, -0.2) is 61.6 Å². The standard InChI is InChI=1S/C32H35N3O3S/c1-2-35-31-11-6-5-10-29(31)30-22-25(12-15-32(30)35)24-34(17-7-16-33-18-20-38-21-19-33)39(36,37)28-14-13-26-8-3-4-9-27(26)23-28/h3-6,8-15,22-23H,2,7,16-21,24H2,1H3. The highest BCUT2D eigenvalue weighted by Gasteiger charge is 2.25. The van der Waals surface area contributed by atoms with Crippen molar-refractivity contribution in [3.05, 3.63) is 90.5 Å². The number of nitrogens with zero attached hydrogens (tertiary/aromatic N) is 3. The van der Waals surface area contributed by atoms with Crippen LogP contribution in [0.4, 0.5) is 0 Å². The van der Waals surface area contributed by atoms with Gasteiger partial charge in [0.15, 0.2) is 0 Å². The molecule has 0 aliphatic carbocycles. The van der Waals surface area contributed by atoms with Gasteiger partial charge in [0.2, 0.25) is 10.0 Å². The smallest absolute Gasteiger partial charge is 0.243 e. The van der Waals surface area contributed by atoms with E-state index in [9.17, 15) is 8.42 Å². The first-order valence-electron chi connectivity index (χ1n) is 13.8. The predicted molar refractivity (Wildman–Crippen MR) is 159 cm³/mol. The van der Waals surface area contributed by atoms with Crippen LogP contribution in [0.5, 0.6) is 0 Å². The number of rotatable bonds is 9. The molecular weight excluding hydrogens is 506 g/mol. The van der Waals surface area contributed by atoms with E-state index in [1.165, 1.54) is 21.8 Å². The summed E-state index contributed by atoms with van der Waals surface area (Å²) in [5.41, 5.74) is 3.38. The highest BCUT2D eigenvalue weighted by molar-refractivity contribution is 7.89. The summed E-state index contributed by atoms with van der Waals surface area (Å²) >= 11 is 0. The largest absolute Gasteiger partial charge is 0.379 e. The molecule has 0 amide bonds. The van der Waals surface area contributed by atoms with E-state index in [-0.39, 0.29) is 0 Å². The number of para-hydroxylation sites is 1. The monoisotopic (exact) mass is 541 g/mol. The lowest BCUT2D eigenvalue weighted by Crippen LogP contribution is -2.39. The molecule has 1 aliphatic heterocycles. The number of sulfonamides is 1. The predicted octanol–water partition coefficient (Wildman–Crippen LogP) is 5.88. The average molecular weight is 542 g/mol. The Bertz CT molecular complexity index is 1720. The Morgan fingerprint density at radius 3 is 2.38 bits per heavy atom. The van der Waals surface area contributed by atoms with Gasteiger partial charge in [-0.2, -0.15) is 4.31 Å². The maximum absolute atomic E-state index is 14.1. The molecule has 0 saturated carbocycles. The van der Waals surface area contributed by atoms with Crippen LogP contribution in [0, 0.1) is 0 Å². The number of benzene rings is 4. The number of aromatic nitrogens is 1. The summed E-state index contributed by atoms with van der Waals surface area (Å²) in [6.45, 7) is 7.97. The van der Waals surface area contributed by atoms with E-state index >= 15 is 0 Å². The zero-order chi connectivity index (χ0) is 26.8. The summed E-state index contributed by atoms with van der Waals surface area (Å²) in [7, 11) is -3.70. The van der Waals surface area contributed by atoms with Crippen molar-refractivity contribution >= 4 is 42.6 Å². The number of morpholine rings is 1. The molecule has 1 fully saturated rings. The molecule has 4 aromatic carbocycles. The highest BCUT2D eigenvalue weighted by atomic mass is 32.2. The normalized spacial score (nSPS) is 15.1. The van der Waals surface area contributed by atoms with Crippen molar-refractivity contribution in [2.24, 2.45) is 0 Å². The molecule has 0 N–H and O–H groups in total. The lowest BCUT2D eigenvalue weighted by Gasteiger charge is -2.28. The molecule has 0 radical (unpaired) electrons. The molecule has 6 nitrogen and oxygen atoms in total. The molecule has 5 aromatic rings. The molecule has 0 spiro atoms. The fourth-order valence-corrected chi connectivity index (χ4v) is 7.30. The van der Waals surface area contributed by atoms with E-state index in [2.05, 4.69) is 58.9 Å². The van der Waals surface area contributed by atoms with Gasteiger partial charge in [-0.1, -0.05) is 54.6 Å². The Morgan fingerprint density at radius 2 is 1.56 bits per heavy atom. The summed E-state index contributed by atoms with van der Waals surface area (Å²) in [4.78, 5) is 2.70. The van der Waals surface area contributed by atoms with E-state index in [4.69, 9.17) is 4.74 Å². The van der Waals surface area contributed by atoms with Crippen LogP contribution in [0.2, 0.25) is 0 Å². The number of hydrogen-bond donors (Lipinski definition) is 0. The summed E-state index contributed by atoms with van der Waals surface area (Å²) in [6, 6.07) is 28.2. The first-order chi connectivity index (χ1) is 19.0. The molecule has 1 aromatic heterocycles. The topological polar surface area (TPSA) is 54.8 Å². The Kier molecular flexibility index (Phi) is 7.40. The fraction of sp³-hybridized carbons (Fsp3) is 0.312. The van der Waals surface area contributed by atoms with Crippen LogP contribution in [-0.2, 0) is 27.8 Å². The Balaban J connectivity index is 1.34. The van der Waals surface area contributed by atoms with Crippen molar-refractivity contribution in [1.82, 2.24) is 13.8 Å². The minimum atomic E-state index is -3.70. The van der Waals surface area contributed by atoms with E-state index in [1.54, 1.807) is 16.4 Å². The van der Waals surface area contributed by atoms with Crippen molar-refractivity contribution < 1.29 is 13.2 Å². The fourth-order valence-electron chi connectivity index (χ4n) is 5.80. The Labute approximate surface area is 230 Å². The van der Waals surface area contributed by atoms with Gasteiger partial charge in [0.25, 0.3) is 0 Å². The molecule has 0 unspecified atom stereocenters. The van der Waals surface area contributed by atoms with E-state index in [0.29, 0.717) is 18.0 Å². The third kappa shape index (κ3) is 5.20. The summed E-state index contributed by atoms with van der Waals surface area (Å²) < 4.78 is 37.6. The first-order valence-corrected chi connectivity index (χ1v) is 15.3. The first kappa shape index (κ1) is 26.0. The second kappa shape index (κ2) is 11.1. The van der Waals surface area contributed by atoms with Crippen molar-refractivity contribution in [1.29, 1.82) is 0 Å². The van der Waals surface area contributed by atoms with E-state index in [1.807, 2.05) is 30.3 Å². The number of ether oxygens (including phenoxy) is 1. The van der Waals surface area contributed by atoms with Gasteiger partial charge >= 0.3 is 0 Å². The van der Waals surface area contributed by atoms with Gasteiger partial charge in [-0.25, -0.2) is 8.42 Å². The van der Waals surface area contributed by atoms with Gasteiger partial charge in [0.05, 0.1) is 18.1 Å². The molecule has 0 atom stereocenters. The maximum Gasteiger partial charge on any atom is 0.243 e. The van der Waals surface area contributed by atoms with Crippen LogP contribution in [0.1, 0.15) is 18.9 Å². The zero-order valence-electron chi connectivity index (χ0n) is 22.4.